The minimum Gasteiger partial charge on any atom is -0.492 e. The number of pyridine rings is 1. The van der Waals surface area contributed by atoms with Crippen molar-refractivity contribution in [2.45, 2.75) is 17.7 Å². The van der Waals surface area contributed by atoms with Gasteiger partial charge in [0, 0.05) is 37.8 Å². The summed E-state index contributed by atoms with van der Waals surface area (Å²) in [4.78, 5) is 11.1. The summed E-state index contributed by atoms with van der Waals surface area (Å²) in [7, 11) is -3.30. The van der Waals surface area contributed by atoms with E-state index in [0.29, 0.717) is 33.7 Å². The fourth-order valence-corrected chi connectivity index (χ4v) is 5.44. The maximum Gasteiger partial charge on any atom is 0.186 e. The van der Waals surface area contributed by atoms with Gasteiger partial charge in [-0.3, -0.25) is 4.98 Å². The number of ether oxygens (including phenoxy) is 1. The van der Waals surface area contributed by atoms with Gasteiger partial charge in [-0.05, 0) is 30.9 Å². The Labute approximate surface area is 173 Å². The van der Waals surface area contributed by atoms with Gasteiger partial charge in [-0.25, -0.2) is 13.4 Å². The highest BCUT2D eigenvalue weighted by Gasteiger charge is 2.24. The van der Waals surface area contributed by atoms with Crippen molar-refractivity contribution in [1.29, 1.82) is 0 Å². The van der Waals surface area contributed by atoms with Crippen molar-refractivity contribution in [2.24, 2.45) is 5.92 Å². The van der Waals surface area contributed by atoms with Gasteiger partial charge in [0.25, 0.3) is 0 Å². The molecule has 28 heavy (non-hydrogen) atoms. The number of nitrogens with zero attached hydrogens (tertiary/aromatic N) is 3. The first-order chi connectivity index (χ1) is 13.4. The van der Waals surface area contributed by atoms with E-state index in [1.54, 1.807) is 41.9 Å². The third kappa shape index (κ3) is 4.09. The zero-order valence-electron chi connectivity index (χ0n) is 15.3. The summed E-state index contributed by atoms with van der Waals surface area (Å²) >= 11 is 7.63. The second-order valence-corrected chi connectivity index (χ2v) is 10.3. The van der Waals surface area contributed by atoms with E-state index in [0.717, 1.165) is 35.8 Å². The van der Waals surface area contributed by atoms with Crippen LogP contribution in [0, 0.1) is 5.92 Å². The molecule has 1 aromatic carbocycles. The monoisotopic (exact) mass is 437 g/mol. The van der Waals surface area contributed by atoms with Crippen molar-refractivity contribution in [1.82, 2.24) is 9.97 Å². The molecule has 2 aromatic heterocycles. The number of fused-ring (bicyclic) bond motifs is 1. The van der Waals surface area contributed by atoms with Crippen LogP contribution < -0.4 is 9.64 Å². The summed E-state index contributed by atoms with van der Waals surface area (Å²) in [5.41, 5.74) is 0.572. The normalized spacial score (nSPS) is 15.9. The number of halogens is 1. The maximum absolute atomic E-state index is 12.0. The third-order valence-corrected chi connectivity index (χ3v) is 7.36. The molecule has 0 N–H and O–H groups in total. The lowest BCUT2D eigenvalue weighted by atomic mass is 9.98. The van der Waals surface area contributed by atoms with Crippen molar-refractivity contribution in [3.8, 4) is 5.75 Å². The minimum absolute atomic E-state index is 0.296. The Kier molecular flexibility index (Phi) is 5.44. The average Bonchev–Trinajstić information content (AvgIpc) is 3.11. The molecule has 0 unspecified atom stereocenters. The number of anilines is 1. The van der Waals surface area contributed by atoms with Gasteiger partial charge in [0.15, 0.2) is 15.0 Å². The number of para-hydroxylation sites is 1. The minimum atomic E-state index is -3.30. The van der Waals surface area contributed by atoms with E-state index in [9.17, 15) is 8.42 Å². The smallest absolute Gasteiger partial charge is 0.186 e. The number of piperidine rings is 1. The van der Waals surface area contributed by atoms with Crippen LogP contribution in [0.15, 0.2) is 41.6 Å². The summed E-state index contributed by atoms with van der Waals surface area (Å²) in [5, 5.41) is 1.40. The number of hydrogen-bond acceptors (Lipinski definition) is 7. The van der Waals surface area contributed by atoms with Gasteiger partial charge in [0.05, 0.1) is 16.2 Å². The number of hydrogen-bond donors (Lipinski definition) is 0. The molecule has 1 saturated heterocycles. The van der Waals surface area contributed by atoms with Gasteiger partial charge in [-0.15, -0.1) is 0 Å². The molecule has 1 fully saturated rings. The van der Waals surface area contributed by atoms with Crippen LogP contribution in [-0.2, 0) is 9.84 Å². The summed E-state index contributed by atoms with van der Waals surface area (Å²) in [6.45, 7) is 2.36. The molecule has 3 aromatic rings. The van der Waals surface area contributed by atoms with Crippen molar-refractivity contribution in [3.63, 3.8) is 0 Å². The second-order valence-electron chi connectivity index (χ2n) is 6.92. The highest BCUT2D eigenvalue weighted by Crippen LogP contribution is 2.34. The van der Waals surface area contributed by atoms with Gasteiger partial charge in [-0.1, -0.05) is 29.0 Å². The number of sulfone groups is 1. The van der Waals surface area contributed by atoms with E-state index < -0.39 is 9.84 Å². The van der Waals surface area contributed by atoms with Gasteiger partial charge >= 0.3 is 0 Å². The lowest BCUT2D eigenvalue weighted by Crippen LogP contribution is -2.35. The van der Waals surface area contributed by atoms with Crippen molar-refractivity contribution in [3.05, 3.63) is 41.7 Å². The van der Waals surface area contributed by atoms with Crippen LogP contribution in [0.4, 0.5) is 5.13 Å². The van der Waals surface area contributed by atoms with Crippen LogP contribution >= 0.6 is 22.9 Å². The van der Waals surface area contributed by atoms with Gasteiger partial charge in [0.1, 0.15) is 16.3 Å². The largest absolute Gasteiger partial charge is 0.492 e. The van der Waals surface area contributed by atoms with E-state index in [2.05, 4.69) is 14.9 Å². The zero-order chi connectivity index (χ0) is 19.7. The molecule has 0 spiro atoms. The average molecular weight is 438 g/mol. The fourth-order valence-electron chi connectivity index (χ4n) is 3.32. The van der Waals surface area contributed by atoms with Crippen LogP contribution in [0.3, 0.4) is 0 Å². The Bertz CT molecular complexity index is 1090. The molecular weight excluding hydrogens is 418 g/mol. The molecule has 3 heterocycles. The topological polar surface area (TPSA) is 72.4 Å². The summed E-state index contributed by atoms with van der Waals surface area (Å²) in [6.07, 6.45) is 6.44. The van der Waals surface area contributed by atoms with E-state index in [1.807, 2.05) is 6.07 Å². The van der Waals surface area contributed by atoms with Crippen molar-refractivity contribution in [2.75, 3.05) is 30.9 Å². The van der Waals surface area contributed by atoms with E-state index in [4.69, 9.17) is 16.3 Å². The standard InChI is InChI=1S/C19H20ClN3O3S2/c1-28(24,25)17-4-2-3-16-18(17)22-19(27-16)23-9-6-13(7-10-23)12-26-15-5-8-21-11-14(15)20/h2-5,8,11,13H,6-7,9-10,12H2,1H3. The molecule has 4 rings (SSSR count). The van der Waals surface area contributed by atoms with E-state index in [-0.39, 0.29) is 0 Å². The Morgan fingerprint density at radius 2 is 2.07 bits per heavy atom. The van der Waals surface area contributed by atoms with Crippen molar-refractivity contribution < 1.29 is 13.2 Å². The molecular formula is C19H20ClN3O3S2. The molecule has 0 aliphatic carbocycles. The number of benzene rings is 1. The molecule has 6 nitrogen and oxygen atoms in total. The third-order valence-electron chi connectivity index (χ3n) is 4.86. The first kappa shape index (κ1) is 19.4. The maximum atomic E-state index is 12.0. The summed E-state index contributed by atoms with van der Waals surface area (Å²) in [5.74, 6) is 1.11. The lowest BCUT2D eigenvalue weighted by molar-refractivity contribution is 0.223. The van der Waals surface area contributed by atoms with Gasteiger partial charge in [0.2, 0.25) is 0 Å². The first-order valence-electron chi connectivity index (χ1n) is 8.98. The molecule has 0 radical (unpaired) electrons. The quantitative estimate of drug-likeness (QED) is 0.599. The van der Waals surface area contributed by atoms with Crippen LogP contribution in [0.2, 0.25) is 5.02 Å². The van der Waals surface area contributed by atoms with Crippen molar-refractivity contribution >= 4 is 48.1 Å². The number of thiazole rings is 1. The molecule has 148 valence electrons. The Morgan fingerprint density at radius 3 is 2.79 bits per heavy atom. The number of rotatable bonds is 5. The molecule has 0 saturated carbocycles. The molecule has 1 aliphatic rings. The lowest BCUT2D eigenvalue weighted by Gasteiger charge is -2.31. The van der Waals surface area contributed by atoms with E-state index >= 15 is 0 Å². The SMILES string of the molecule is CS(=O)(=O)c1cccc2sc(N3CCC(COc4ccncc4Cl)CC3)nc12. The Morgan fingerprint density at radius 1 is 1.29 bits per heavy atom. The highest BCUT2D eigenvalue weighted by molar-refractivity contribution is 7.91. The Balaban J connectivity index is 1.42. The fraction of sp³-hybridized carbons (Fsp3) is 0.368. The molecule has 9 heteroatoms. The van der Waals surface area contributed by atoms with Crippen LogP contribution in [0.5, 0.6) is 5.75 Å². The Hall–Kier alpha value is -1.90. The predicted molar refractivity (Wildman–Crippen MR) is 112 cm³/mol. The predicted octanol–water partition coefficient (Wildman–Crippen LogP) is 4.04. The van der Waals surface area contributed by atoms with Crippen LogP contribution in [-0.4, -0.2) is 44.3 Å². The molecule has 1 aliphatic heterocycles. The van der Waals surface area contributed by atoms with Crippen LogP contribution in [0.25, 0.3) is 10.2 Å². The zero-order valence-corrected chi connectivity index (χ0v) is 17.7. The van der Waals surface area contributed by atoms with Gasteiger partial charge in [-0.2, -0.15) is 0 Å². The molecule has 0 bridgehead atoms. The highest BCUT2D eigenvalue weighted by atomic mass is 35.5. The molecule has 0 atom stereocenters. The first-order valence-corrected chi connectivity index (χ1v) is 12.1. The summed E-state index contributed by atoms with van der Waals surface area (Å²) in [6, 6.07) is 7.09. The second kappa shape index (κ2) is 7.85. The molecule has 0 amide bonds. The van der Waals surface area contributed by atoms with E-state index in [1.165, 1.54) is 6.26 Å². The van der Waals surface area contributed by atoms with Crippen LogP contribution in [0.1, 0.15) is 12.8 Å². The number of aromatic nitrogens is 2. The summed E-state index contributed by atoms with van der Waals surface area (Å²) < 4.78 is 30.8. The van der Waals surface area contributed by atoms with Gasteiger partial charge < -0.3 is 9.64 Å².